The van der Waals surface area contributed by atoms with E-state index in [2.05, 4.69) is 5.32 Å². The van der Waals surface area contributed by atoms with Gasteiger partial charge in [0.2, 0.25) is 0 Å². The number of hydrogen-bond donors (Lipinski definition) is 3. The molecule has 0 aliphatic carbocycles. The predicted octanol–water partition coefficient (Wildman–Crippen LogP) is 0.0733. The van der Waals surface area contributed by atoms with Gasteiger partial charge < -0.3 is 21.1 Å². The fraction of sp³-hybridized carbons (Fsp3) is 0.462. The van der Waals surface area contributed by atoms with E-state index in [4.69, 9.17) is 5.73 Å². The minimum absolute atomic E-state index is 0.00818. The second-order valence-corrected chi connectivity index (χ2v) is 4.56. The van der Waals surface area contributed by atoms with Crippen molar-refractivity contribution >= 4 is 5.91 Å². The highest BCUT2D eigenvalue weighted by atomic mass is 16.3. The summed E-state index contributed by atoms with van der Waals surface area (Å²) in [5.41, 5.74) is 6.75. The van der Waals surface area contributed by atoms with Gasteiger partial charge in [-0.25, -0.2) is 0 Å². The summed E-state index contributed by atoms with van der Waals surface area (Å²) in [5.74, 6) is -0.0787. The Balaban J connectivity index is 2.27. The molecule has 1 aliphatic rings. The molecule has 1 atom stereocenters. The molecule has 4 N–H and O–H groups in total. The van der Waals surface area contributed by atoms with Crippen molar-refractivity contribution in [3.05, 3.63) is 29.3 Å². The average Bonchev–Trinajstić information content (AvgIpc) is 2.41. The number of para-hydroxylation sites is 1. The second-order valence-electron chi connectivity index (χ2n) is 4.56. The molecule has 2 rings (SSSR count). The third kappa shape index (κ3) is 2.32. The van der Waals surface area contributed by atoms with Crippen molar-refractivity contribution in [3.8, 4) is 5.75 Å². The molecule has 1 fully saturated rings. The summed E-state index contributed by atoms with van der Waals surface area (Å²) in [4.78, 5) is 14.2. The lowest BCUT2D eigenvalue weighted by Crippen LogP contribution is -2.56. The number of nitrogens with zero attached hydrogens (tertiary/aromatic N) is 1. The highest BCUT2D eigenvalue weighted by Gasteiger charge is 2.27. The van der Waals surface area contributed by atoms with Gasteiger partial charge in [-0.05, 0) is 18.6 Å². The van der Waals surface area contributed by atoms with Crippen molar-refractivity contribution in [2.75, 3.05) is 26.2 Å². The van der Waals surface area contributed by atoms with Gasteiger partial charge >= 0.3 is 0 Å². The first-order valence-electron chi connectivity index (χ1n) is 6.15. The Morgan fingerprint density at radius 3 is 3.11 bits per heavy atom. The molecule has 1 aromatic carbocycles. The number of benzene rings is 1. The molecule has 1 heterocycles. The lowest BCUT2D eigenvalue weighted by Gasteiger charge is -2.35. The lowest BCUT2D eigenvalue weighted by molar-refractivity contribution is 0.0641. The maximum absolute atomic E-state index is 12.4. The van der Waals surface area contributed by atoms with Crippen molar-refractivity contribution in [1.82, 2.24) is 10.2 Å². The van der Waals surface area contributed by atoms with Crippen LogP contribution in [0, 0.1) is 6.92 Å². The van der Waals surface area contributed by atoms with E-state index in [1.54, 1.807) is 30.0 Å². The summed E-state index contributed by atoms with van der Waals surface area (Å²) >= 11 is 0. The summed E-state index contributed by atoms with van der Waals surface area (Å²) < 4.78 is 0. The third-order valence-corrected chi connectivity index (χ3v) is 3.35. The second kappa shape index (κ2) is 5.37. The molecular weight excluding hydrogens is 230 g/mol. The van der Waals surface area contributed by atoms with Gasteiger partial charge in [0.05, 0.1) is 11.6 Å². The molecule has 1 unspecified atom stereocenters. The molecule has 0 aromatic heterocycles. The molecule has 5 heteroatoms. The molecule has 1 aromatic rings. The van der Waals surface area contributed by atoms with Crippen molar-refractivity contribution in [2.24, 2.45) is 5.73 Å². The normalized spacial score (nSPS) is 19.9. The predicted molar refractivity (Wildman–Crippen MR) is 69.6 cm³/mol. The van der Waals surface area contributed by atoms with Crippen molar-refractivity contribution in [3.63, 3.8) is 0 Å². The van der Waals surface area contributed by atoms with Crippen LogP contribution in [0.3, 0.4) is 0 Å². The van der Waals surface area contributed by atoms with Crippen LogP contribution in [0.25, 0.3) is 0 Å². The standard InChI is InChI=1S/C13H19N3O2/c1-9-3-2-4-11(12(9)17)13(18)16-6-5-15-8-10(16)7-14/h2-4,10,15,17H,5-8,14H2,1H3. The smallest absolute Gasteiger partial charge is 0.258 e. The summed E-state index contributed by atoms with van der Waals surface area (Å²) in [6.07, 6.45) is 0. The van der Waals surface area contributed by atoms with Gasteiger partial charge in [-0.2, -0.15) is 0 Å². The Labute approximate surface area is 107 Å². The fourth-order valence-electron chi connectivity index (χ4n) is 2.23. The number of carbonyl (C=O) groups is 1. The number of phenols is 1. The Morgan fingerprint density at radius 1 is 1.61 bits per heavy atom. The molecule has 1 aliphatic heterocycles. The zero-order valence-corrected chi connectivity index (χ0v) is 10.5. The fourth-order valence-corrected chi connectivity index (χ4v) is 2.23. The summed E-state index contributed by atoms with van der Waals surface area (Å²) in [7, 11) is 0. The highest BCUT2D eigenvalue weighted by Crippen LogP contribution is 2.23. The van der Waals surface area contributed by atoms with Crippen LogP contribution < -0.4 is 11.1 Å². The Bertz CT molecular complexity index is 448. The van der Waals surface area contributed by atoms with E-state index in [9.17, 15) is 9.90 Å². The number of nitrogens with two attached hydrogens (primary N) is 1. The van der Waals surface area contributed by atoms with Gasteiger partial charge in [-0.1, -0.05) is 12.1 Å². The molecular formula is C13H19N3O2. The molecule has 18 heavy (non-hydrogen) atoms. The van der Waals surface area contributed by atoms with Crippen LogP contribution in [-0.4, -0.2) is 48.1 Å². The number of carbonyl (C=O) groups excluding carboxylic acids is 1. The molecule has 1 amide bonds. The monoisotopic (exact) mass is 249 g/mol. The van der Waals surface area contributed by atoms with Gasteiger partial charge in [-0.15, -0.1) is 0 Å². The quantitative estimate of drug-likeness (QED) is 0.693. The SMILES string of the molecule is Cc1cccc(C(=O)N2CCNCC2CN)c1O. The Morgan fingerprint density at radius 2 is 2.39 bits per heavy atom. The summed E-state index contributed by atoms with van der Waals surface area (Å²) in [6, 6.07) is 5.21. The number of phenolic OH excluding ortho intramolecular Hbond substituents is 1. The van der Waals surface area contributed by atoms with Gasteiger partial charge in [0.15, 0.2) is 0 Å². The minimum Gasteiger partial charge on any atom is -0.507 e. The number of amides is 1. The molecule has 0 radical (unpaired) electrons. The van der Waals surface area contributed by atoms with Crippen LogP contribution in [-0.2, 0) is 0 Å². The Hall–Kier alpha value is -1.59. The van der Waals surface area contributed by atoms with Gasteiger partial charge in [0.1, 0.15) is 5.75 Å². The maximum atomic E-state index is 12.4. The summed E-state index contributed by atoms with van der Waals surface area (Å²) in [6.45, 7) is 4.29. The van der Waals surface area contributed by atoms with Crippen LogP contribution in [0.5, 0.6) is 5.75 Å². The number of rotatable bonds is 2. The van der Waals surface area contributed by atoms with Crippen molar-refractivity contribution in [1.29, 1.82) is 0 Å². The first kappa shape index (κ1) is 12.9. The number of aryl methyl sites for hydroxylation is 1. The van der Waals surface area contributed by atoms with Crippen molar-refractivity contribution in [2.45, 2.75) is 13.0 Å². The van der Waals surface area contributed by atoms with Crippen LogP contribution in [0.1, 0.15) is 15.9 Å². The first-order valence-corrected chi connectivity index (χ1v) is 6.15. The maximum Gasteiger partial charge on any atom is 0.258 e. The number of aromatic hydroxyl groups is 1. The van der Waals surface area contributed by atoms with Gasteiger partial charge in [0, 0.05) is 26.2 Å². The van der Waals surface area contributed by atoms with E-state index in [1.807, 2.05) is 0 Å². The minimum atomic E-state index is -0.145. The molecule has 0 saturated carbocycles. The zero-order valence-electron chi connectivity index (χ0n) is 10.5. The summed E-state index contributed by atoms with van der Waals surface area (Å²) in [5, 5.41) is 13.2. The lowest BCUT2D eigenvalue weighted by atomic mass is 10.1. The van der Waals surface area contributed by atoms with E-state index in [0.29, 0.717) is 30.8 Å². The number of hydrogen-bond acceptors (Lipinski definition) is 4. The average molecular weight is 249 g/mol. The molecule has 1 saturated heterocycles. The van der Waals surface area contributed by atoms with Crippen LogP contribution >= 0.6 is 0 Å². The van der Waals surface area contributed by atoms with Crippen LogP contribution in [0.15, 0.2) is 18.2 Å². The molecule has 0 bridgehead atoms. The molecule has 0 spiro atoms. The van der Waals surface area contributed by atoms with Gasteiger partial charge in [0.25, 0.3) is 5.91 Å². The van der Waals surface area contributed by atoms with Crippen LogP contribution in [0.4, 0.5) is 0 Å². The van der Waals surface area contributed by atoms with E-state index >= 15 is 0 Å². The number of piperazine rings is 1. The van der Waals surface area contributed by atoms with E-state index in [1.165, 1.54) is 0 Å². The van der Waals surface area contributed by atoms with E-state index in [-0.39, 0.29) is 17.7 Å². The van der Waals surface area contributed by atoms with E-state index in [0.717, 1.165) is 6.54 Å². The molecule has 98 valence electrons. The third-order valence-electron chi connectivity index (χ3n) is 3.35. The number of nitrogens with one attached hydrogen (secondary N) is 1. The topological polar surface area (TPSA) is 78.6 Å². The van der Waals surface area contributed by atoms with Gasteiger partial charge in [-0.3, -0.25) is 4.79 Å². The zero-order chi connectivity index (χ0) is 13.1. The van der Waals surface area contributed by atoms with Crippen LogP contribution in [0.2, 0.25) is 0 Å². The first-order chi connectivity index (χ1) is 8.65. The molecule has 5 nitrogen and oxygen atoms in total. The largest absolute Gasteiger partial charge is 0.507 e. The van der Waals surface area contributed by atoms with E-state index < -0.39 is 0 Å². The van der Waals surface area contributed by atoms with Crippen molar-refractivity contribution < 1.29 is 9.90 Å². The highest BCUT2D eigenvalue weighted by molar-refractivity contribution is 5.97. The Kier molecular flexibility index (Phi) is 3.84.